The Kier molecular flexibility index (Phi) is 13.1. The number of ether oxygens (including phenoxy) is 3. The van der Waals surface area contributed by atoms with Gasteiger partial charge in [-0.3, -0.25) is 0 Å². The quantitative estimate of drug-likeness (QED) is 0.220. The second-order valence-corrected chi connectivity index (χ2v) is 6.79. The van der Waals surface area contributed by atoms with Crippen LogP contribution in [0.3, 0.4) is 0 Å². The van der Waals surface area contributed by atoms with Gasteiger partial charge in [0.2, 0.25) is 0 Å². The van der Waals surface area contributed by atoms with Gasteiger partial charge in [-0.1, -0.05) is 23.7 Å². The largest absolute Gasteiger partial charge is 0.497 e. The highest BCUT2D eigenvalue weighted by atomic mass is 127. The maximum atomic E-state index is 8.91. The molecule has 9 heteroatoms. The van der Waals surface area contributed by atoms with Crippen molar-refractivity contribution in [3.05, 3.63) is 52.5 Å². The van der Waals surface area contributed by atoms with Crippen LogP contribution in [0.1, 0.15) is 18.1 Å². The number of rotatable bonds is 11. The maximum absolute atomic E-state index is 8.91. The van der Waals surface area contributed by atoms with Gasteiger partial charge in [0.1, 0.15) is 12.4 Å². The minimum atomic E-state index is -0.0470. The Labute approximate surface area is 206 Å². The number of nitrogens with one attached hydrogen (secondary N) is 2. The summed E-state index contributed by atoms with van der Waals surface area (Å²) in [5, 5.41) is 16.2. The highest BCUT2D eigenvalue weighted by Gasteiger charge is 2.07. The average Bonchev–Trinajstić information content (AvgIpc) is 2.77. The van der Waals surface area contributed by atoms with E-state index in [-0.39, 0.29) is 37.2 Å². The zero-order chi connectivity index (χ0) is 21.8. The second-order valence-electron chi connectivity index (χ2n) is 6.39. The molecule has 2 aromatic carbocycles. The minimum absolute atomic E-state index is 0. The van der Waals surface area contributed by atoms with E-state index >= 15 is 0 Å². The number of hydrogen-bond donors (Lipinski definition) is 3. The SMILES string of the molecule is CCNC(=NCc1ccc(OCCO)c(OC)c1)NCCc1ccc(OC)cc1Cl.I. The van der Waals surface area contributed by atoms with E-state index in [9.17, 15) is 0 Å². The van der Waals surface area contributed by atoms with Crippen molar-refractivity contribution in [2.24, 2.45) is 4.99 Å². The van der Waals surface area contributed by atoms with E-state index < -0.39 is 0 Å². The van der Waals surface area contributed by atoms with E-state index in [4.69, 9.17) is 30.9 Å². The van der Waals surface area contributed by atoms with Gasteiger partial charge >= 0.3 is 0 Å². The highest BCUT2D eigenvalue weighted by Crippen LogP contribution is 2.28. The van der Waals surface area contributed by atoms with E-state index in [1.807, 2.05) is 43.3 Å². The number of nitrogens with zero attached hydrogens (tertiary/aromatic N) is 1. The van der Waals surface area contributed by atoms with Crippen LogP contribution in [-0.4, -0.2) is 51.6 Å². The molecule has 2 aromatic rings. The molecule has 0 aliphatic heterocycles. The van der Waals surface area contributed by atoms with Gasteiger partial charge in [-0.15, -0.1) is 24.0 Å². The number of hydrogen-bond acceptors (Lipinski definition) is 5. The van der Waals surface area contributed by atoms with Crippen LogP contribution in [0.25, 0.3) is 0 Å². The number of halogens is 2. The summed E-state index contributed by atoms with van der Waals surface area (Å²) in [7, 11) is 3.21. The molecule has 0 unspecified atom stereocenters. The Morgan fingerprint density at radius 2 is 1.87 bits per heavy atom. The van der Waals surface area contributed by atoms with Crippen LogP contribution in [0.15, 0.2) is 41.4 Å². The Morgan fingerprint density at radius 3 is 2.52 bits per heavy atom. The first-order chi connectivity index (χ1) is 14.6. The summed E-state index contributed by atoms with van der Waals surface area (Å²) < 4.78 is 16.0. The first kappa shape index (κ1) is 27.1. The Bertz CT molecular complexity index is 836. The van der Waals surface area contributed by atoms with Crippen molar-refractivity contribution < 1.29 is 19.3 Å². The van der Waals surface area contributed by atoms with Gasteiger partial charge in [0.15, 0.2) is 17.5 Å². The zero-order valence-corrected chi connectivity index (χ0v) is 21.2. The van der Waals surface area contributed by atoms with Crippen molar-refractivity contribution in [3.8, 4) is 17.2 Å². The van der Waals surface area contributed by atoms with Gasteiger partial charge in [-0.2, -0.15) is 0 Å². The predicted molar refractivity (Wildman–Crippen MR) is 136 cm³/mol. The molecule has 0 saturated carbocycles. The predicted octanol–water partition coefficient (Wildman–Crippen LogP) is 3.64. The highest BCUT2D eigenvalue weighted by molar-refractivity contribution is 14.0. The molecule has 0 aliphatic carbocycles. The van der Waals surface area contributed by atoms with Crippen molar-refractivity contribution in [2.45, 2.75) is 19.9 Å². The molecule has 2 rings (SSSR count). The average molecular weight is 564 g/mol. The molecular weight excluding hydrogens is 533 g/mol. The Balaban J connectivity index is 0.00000480. The first-order valence-electron chi connectivity index (χ1n) is 9.86. The lowest BCUT2D eigenvalue weighted by atomic mass is 10.1. The smallest absolute Gasteiger partial charge is 0.191 e. The van der Waals surface area contributed by atoms with Gasteiger partial charge in [-0.25, -0.2) is 4.99 Å². The summed E-state index contributed by atoms with van der Waals surface area (Å²) >= 11 is 6.31. The summed E-state index contributed by atoms with van der Waals surface area (Å²) in [6.45, 7) is 4.12. The van der Waals surface area contributed by atoms with Crippen molar-refractivity contribution in [3.63, 3.8) is 0 Å². The number of guanidine groups is 1. The van der Waals surface area contributed by atoms with Gasteiger partial charge in [0.25, 0.3) is 0 Å². The van der Waals surface area contributed by atoms with E-state index in [1.54, 1.807) is 14.2 Å². The molecule has 0 aliphatic rings. The molecule has 0 bridgehead atoms. The summed E-state index contributed by atoms with van der Waals surface area (Å²) in [5.74, 6) is 2.68. The van der Waals surface area contributed by atoms with Crippen LogP contribution in [-0.2, 0) is 13.0 Å². The molecule has 3 N–H and O–H groups in total. The van der Waals surface area contributed by atoms with Crippen LogP contribution < -0.4 is 24.8 Å². The molecule has 0 spiro atoms. The third kappa shape index (κ3) is 9.00. The molecule has 0 aromatic heterocycles. The fourth-order valence-electron chi connectivity index (χ4n) is 2.77. The molecule has 0 heterocycles. The monoisotopic (exact) mass is 563 g/mol. The lowest BCUT2D eigenvalue weighted by Gasteiger charge is -2.13. The van der Waals surface area contributed by atoms with Gasteiger partial charge < -0.3 is 30.0 Å². The topological polar surface area (TPSA) is 84.3 Å². The summed E-state index contributed by atoms with van der Waals surface area (Å²) in [6, 6.07) is 11.3. The number of methoxy groups -OCH3 is 2. The van der Waals surface area contributed by atoms with Gasteiger partial charge in [-0.05, 0) is 48.7 Å². The Hall–Kier alpha value is -1.91. The summed E-state index contributed by atoms with van der Waals surface area (Å²) in [4.78, 5) is 4.64. The minimum Gasteiger partial charge on any atom is -0.497 e. The molecule has 7 nitrogen and oxygen atoms in total. The first-order valence-corrected chi connectivity index (χ1v) is 10.2. The molecule has 172 valence electrons. The van der Waals surface area contributed by atoms with Crippen molar-refractivity contribution in [2.75, 3.05) is 40.5 Å². The molecule has 31 heavy (non-hydrogen) atoms. The number of benzene rings is 2. The van der Waals surface area contributed by atoms with Crippen molar-refractivity contribution >= 4 is 41.5 Å². The van der Waals surface area contributed by atoms with Gasteiger partial charge in [0, 0.05) is 18.1 Å². The third-order valence-electron chi connectivity index (χ3n) is 4.29. The van der Waals surface area contributed by atoms with Crippen LogP contribution in [0, 0.1) is 0 Å². The lowest BCUT2D eigenvalue weighted by Crippen LogP contribution is -2.38. The van der Waals surface area contributed by atoms with E-state index in [0.717, 1.165) is 35.8 Å². The fraction of sp³-hybridized carbons (Fsp3) is 0.409. The molecule has 0 atom stereocenters. The number of aliphatic hydroxyl groups is 1. The van der Waals surface area contributed by atoms with Crippen LogP contribution in [0.2, 0.25) is 5.02 Å². The van der Waals surface area contributed by atoms with Gasteiger partial charge in [0.05, 0.1) is 27.4 Å². The fourth-order valence-corrected chi connectivity index (χ4v) is 3.04. The van der Waals surface area contributed by atoms with Crippen LogP contribution in [0.5, 0.6) is 17.2 Å². The molecule has 0 saturated heterocycles. The van der Waals surface area contributed by atoms with Crippen LogP contribution >= 0.6 is 35.6 Å². The Morgan fingerprint density at radius 1 is 1.06 bits per heavy atom. The molecular formula is C22H31ClIN3O4. The summed E-state index contributed by atoms with van der Waals surface area (Å²) in [5.41, 5.74) is 2.03. The van der Waals surface area contributed by atoms with Crippen molar-refractivity contribution in [1.82, 2.24) is 10.6 Å². The second kappa shape index (κ2) is 15.0. The molecule has 0 fully saturated rings. The maximum Gasteiger partial charge on any atom is 0.191 e. The van der Waals surface area contributed by atoms with E-state index in [0.29, 0.717) is 29.6 Å². The van der Waals surface area contributed by atoms with E-state index in [1.165, 1.54) is 0 Å². The standard InChI is InChI=1S/C22H30ClN3O4.HI/c1-4-24-22(25-10-9-17-6-7-18(28-2)14-19(17)23)26-15-16-5-8-20(30-12-11-27)21(13-16)29-3;/h5-8,13-14,27H,4,9-12,15H2,1-3H3,(H2,24,25,26);1H. The van der Waals surface area contributed by atoms with E-state index in [2.05, 4.69) is 15.6 Å². The normalized spacial score (nSPS) is 10.8. The zero-order valence-electron chi connectivity index (χ0n) is 18.1. The summed E-state index contributed by atoms with van der Waals surface area (Å²) in [6.07, 6.45) is 0.762. The third-order valence-corrected chi connectivity index (χ3v) is 4.64. The lowest BCUT2D eigenvalue weighted by molar-refractivity contribution is 0.196. The molecule has 0 radical (unpaired) electrons. The number of aliphatic imine (C=N–C) groups is 1. The molecule has 0 amide bonds. The van der Waals surface area contributed by atoms with Crippen LogP contribution in [0.4, 0.5) is 0 Å². The van der Waals surface area contributed by atoms with Crippen molar-refractivity contribution in [1.29, 1.82) is 0 Å². The number of aliphatic hydroxyl groups excluding tert-OH is 1.